The second-order valence-electron chi connectivity index (χ2n) is 4.36. The maximum absolute atomic E-state index is 6.15. The lowest BCUT2D eigenvalue weighted by Crippen LogP contribution is -2.35. The minimum Gasteiger partial charge on any atom is -0.327 e. The monoisotopic (exact) mass is 153 g/mol. The molecule has 1 heteroatoms. The van der Waals surface area contributed by atoms with Crippen LogP contribution in [-0.4, -0.2) is 6.04 Å². The van der Waals surface area contributed by atoms with Crippen LogP contribution in [0.3, 0.4) is 0 Å². The van der Waals surface area contributed by atoms with Gasteiger partial charge in [-0.3, -0.25) is 0 Å². The van der Waals surface area contributed by atoms with Gasteiger partial charge in [0.05, 0.1) is 0 Å². The van der Waals surface area contributed by atoms with Crippen molar-refractivity contribution in [3.8, 4) is 0 Å². The lowest BCUT2D eigenvalue weighted by molar-refractivity contribution is 0.271. The van der Waals surface area contributed by atoms with Crippen molar-refractivity contribution in [3.63, 3.8) is 0 Å². The van der Waals surface area contributed by atoms with E-state index >= 15 is 0 Å². The second kappa shape index (κ2) is 2.78. The SMILES string of the molecule is CCC[C@H]1[C@@H]2CC[C@@H](C2)[C@H]1N. The molecule has 0 aromatic heterocycles. The van der Waals surface area contributed by atoms with Gasteiger partial charge in [0.1, 0.15) is 0 Å². The van der Waals surface area contributed by atoms with E-state index < -0.39 is 0 Å². The van der Waals surface area contributed by atoms with Crippen molar-refractivity contribution < 1.29 is 0 Å². The highest BCUT2D eigenvalue weighted by atomic mass is 14.7. The first-order chi connectivity index (χ1) is 5.33. The van der Waals surface area contributed by atoms with Crippen LogP contribution in [0.4, 0.5) is 0 Å². The molecular formula is C10H19N. The van der Waals surface area contributed by atoms with E-state index in [1.807, 2.05) is 0 Å². The first-order valence-corrected chi connectivity index (χ1v) is 5.08. The largest absolute Gasteiger partial charge is 0.327 e. The maximum Gasteiger partial charge on any atom is 0.00983 e. The summed E-state index contributed by atoms with van der Waals surface area (Å²) in [5.74, 6) is 2.80. The van der Waals surface area contributed by atoms with Crippen LogP contribution in [0.5, 0.6) is 0 Å². The topological polar surface area (TPSA) is 26.0 Å². The van der Waals surface area contributed by atoms with Crippen LogP contribution in [0.25, 0.3) is 0 Å². The van der Waals surface area contributed by atoms with Crippen LogP contribution in [0.1, 0.15) is 39.0 Å². The van der Waals surface area contributed by atoms with E-state index in [0.29, 0.717) is 6.04 Å². The number of nitrogens with two attached hydrogens (primary N) is 1. The summed E-state index contributed by atoms with van der Waals surface area (Å²) in [6.45, 7) is 2.28. The zero-order valence-corrected chi connectivity index (χ0v) is 7.42. The van der Waals surface area contributed by atoms with Crippen LogP contribution >= 0.6 is 0 Å². The van der Waals surface area contributed by atoms with Gasteiger partial charge in [-0.05, 0) is 43.4 Å². The molecule has 2 aliphatic carbocycles. The van der Waals surface area contributed by atoms with E-state index in [-0.39, 0.29) is 0 Å². The van der Waals surface area contributed by atoms with Crippen molar-refractivity contribution in [2.45, 2.75) is 45.1 Å². The van der Waals surface area contributed by atoms with Gasteiger partial charge in [0.25, 0.3) is 0 Å². The summed E-state index contributed by atoms with van der Waals surface area (Å²) < 4.78 is 0. The van der Waals surface area contributed by atoms with Crippen molar-refractivity contribution in [2.75, 3.05) is 0 Å². The molecule has 2 saturated carbocycles. The number of fused-ring (bicyclic) bond motifs is 2. The summed E-state index contributed by atoms with van der Waals surface area (Å²) in [5.41, 5.74) is 6.15. The number of hydrogen-bond donors (Lipinski definition) is 1. The molecule has 0 saturated heterocycles. The van der Waals surface area contributed by atoms with Crippen LogP contribution in [0, 0.1) is 17.8 Å². The molecule has 0 unspecified atom stereocenters. The summed E-state index contributed by atoms with van der Waals surface area (Å²) in [6, 6.07) is 0.564. The number of rotatable bonds is 2. The number of hydrogen-bond acceptors (Lipinski definition) is 1. The molecule has 64 valence electrons. The highest BCUT2D eigenvalue weighted by molar-refractivity contribution is 4.98. The van der Waals surface area contributed by atoms with Crippen molar-refractivity contribution in [2.24, 2.45) is 23.5 Å². The molecule has 0 spiro atoms. The Morgan fingerprint density at radius 2 is 2.00 bits per heavy atom. The van der Waals surface area contributed by atoms with Gasteiger partial charge in [0, 0.05) is 6.04 Å². The van der Waals surface area contributed by atoms with Gasteiger partial charge in [0.2, 0.25) is 0 Å². The van der Waals surface area contributed by atoms with E-state index in [1.54, 1.807) is 0 Å². The molecule has 1 nitrogen and oxygen atoms in total. The van der Waals surface area contributed by atoms with E-state index in [4.69, 9.17) is 5.73 Å². The standard InChI is InChI=1S/C10H19N/c1-2-3-9-7-4-5-8(6-7)10(9)11/h7-10H,2-6,11H2,1H3/t7-,8+,9+,10-/m1/s1. The Morgan fingerprint density at radius 3 is 2.55 bits per heavy atom. The summed E-state index contributed by atoms with van der Waals surface area (Å²) in [6.07, 6.45) is 7.05. The molecule has 2 fully saturated rings. The van der Waals surface area contributed by atoms with Crippen molar-refractivity contribution >= 4 is 0 Å². The Morgan fingerprint density at radius 1 is 1.27 bits per heavy atom. The van der Waals surface area contributed by atoms with E-state index in [9.17, 15) is 0 Å². The summed E-state index contributed by atoms with van der Waals surface area (Å²) in [5, 5.41) is 0. The molecule has 11 heavy (non-hydrogen) atoms. The Bertz CT molecular complexity index is 142. The molecule has 2 N–H and O–H groups in total. The highest BCUT2D eigenvalue weighted by Crippen LogP contribution is 2.49. The fourth-order valence-corrected chi connectivity index (χ4v) is 3.22. The first kappa shape index (κ1) is 7.60. The zero-order chi connectivity index (χ0) is 7.84. The smallest absolute Gasteiger partial charge is 0.00983 e. The predicted molar refractivity (Wildman–Crippen MR) is 47.2 cm³/mol. The molecule has 0 aromatic carbocycles. The van der Waals surface area contributed by atoms with E-state index in [0.717, 1.165) is 17.8 Å². The maximum atomic E-state index is 6.15. The molecule has 0 amide bonds. The van der Waals surface area contributed by atoms with Gasteiger partial charge >= 0.3 is 0 Å². The van der Waals surface area contributed by atoms with Gasteiger partial charge in [-0.25, -0.2) is 0 Å². The molecule has 2 rings (SSSR count). The van der Waals surface area contributed by atoms with E-state index in [2.05, 4.69) is 6.92 Å². The van der Waals surface area contributed by atoms with Gasteiger partial charge in [-0.1, -0.05) is 13.3 Å². The quantitative estimate of drug-likeness (QED) is 0.646. The Balaban J connectivity index is 2.00. The fraction of sp³-hybridized carbons (Fsp3) is 1.00. The highest BCUT2D eigenvalue weighted by Gasteiger charge is 2.44. The van der Waals surface area contributed by atoms with Crippen molar-refractivity contribution in [1.29, 1.82) is 0 Å². The average molecular weight is 153 g/mol. The predicted octanol–water partition coefficient (Wildman–Crippen LogP) is 2.16. The first-order valence-electron chi connectivity index (χ1n) is 5.08. The van der Waals surface area contributed by atoms with Gasteiger partial charge in [0.15, 0.2) is 0 Å². The van der Waals surface area contributed by atoms with Crippen LogP contribution in [0.15, 0.2) is 0 Å². The molecule has 2 aliphatic rings. The Hall–Kier alpha value is -0.0400. The molecule has 0 aliphatic heterocycles. The van der Waals surface area contributed by atoms with Crippen molar-refractivity contribution in [1.82, 2.24) is 0 Å². The Labute approximate surface area is 69.4 Å². The molecule has 0 aromatic rings. The average Bonchev–Trinajstić information content (AvgIpc) is 2.54. The van der Waals surface area contributed by atoms with Gasteiger partial charge in [-0.15, -0.1) is 0 Å². The fourth-order valence-electron chi connectivity index (χ4n) is 3.22. The lowest BCUT2D eigenvalue weighted by atomic mass is 9.82. The minimum atomic E-state index is 0.564. The summed E-state index contributed by atoms with van der Waals surface area (Å²) in [4.78, 5) is 0. The zero-order valence-electron chi connectivity index (χ0n) is 7.42. The summed E-state index contributed by atoms with van der Waals surface area (Å²) >= 11 is 0. The molecule has 0 heterocycles. The third kappa shape index (κ3) is 1.10. The molecule has 2 bridgehead atoms. The minimum absolute atomic E-state index is 0.564. The third-order valence-electron chi connectivity index (χ3n) is 3.78. The van der Waals surface area contributed by atoms with Crippen LogP contribution < -0.4 is 5.73 Å². The van der Waals surface area contributed by atoms with Crippen LogP contribution in [0.2, 0.25) is 0 Å². The second-order valence-corrected chi connectivity index (χ2v) is 4.36. The Kier molecular flexibility index (Phi) is 1.92. The van der Waals surface area contributed by atoms with Crippen LogP contribution in [-0.2, 0) is 0 Å². The molecule has 0 radical (unpaired) electrons. The third-order valence-corrected chi connectivity index (χ3v) is 3.78. The van der Waals surface area contributed by atoms with E-state index in [1.165, 1.54) is 32.1 Å². The van der Waals surface area contributed by atoms with Gasteiger partial charge in [-0.2, -0.15) is 0 Å². The molecule has 4 atom stereocenters. The molecular weight excluding hydrogens is 134 g/mol. The lowest BCUT2D eigenvalue weighted by Gasteiger charge is -2.27. The summed E-state index contributed by atoms with van der Waals surface area (Å²) in [7, 11) is 0. The van der Waals surface area contributed by atoms with Gasteiger partial charge < -0.3 is 5.73 Å². The van der Waals surface area contributed by atoms with Crippen molar-refractivity contribution in [3.05, 3.63) is 0 Å². The normalized spacial score (nSPS) is 48.5.